The first-order valence-electron chi connectivity index (χ1n) is 8.11. The van der Waals surface area contributed by atoms with E-state index in [-0.39, 0.29) is 5.95 Å². The van der Waals surface area contributed by atoms with Crippen LogP contribution in [-0.2, 0) is 0 Å². The van der Waals surface area contributed by atoms with Crippen molar-refractivity contribution in [2.45, 2.75) is 0 Å². The lowest BCUT2D eigenvalue weighted by molar-refractivity contribution is 1.07. The molecule has 0 aliphatic rings. The van der Waals surface area contributed by atoms with Gasteiger partial charge in [-0.15, -0.1) is 0 Å². The van der Waals surface area contributed by atoms with Gasteiger partial charge in [-0.2, -0.15) is 15.0 Å². The largest absolute Gasteiger partial charge is 0.368 e. The summed E-state index contributed by atoms with van der Waals surface area (Å²) in [7, 11) is 1.77. The number of anilines is 2. The molecule has 0 radical (unpaired) electrons. The van der Waals surface area contributed by atoms with Gasteiger partial charge in [-0.3, -0.25) is 0 Å². The highest BCUT2D eigenvalue weighted by molar-refractivity contribution is 6.25. The highest BCUT2D eigenvalue weighted by atomic mass is 15.2. The Bertz CT molecular complexity index is 1230. The molecule has 0 aliphatic heterocycles. The van der Waals surface area contributed by atoms with E-state index in [1.807, 2.05) is 0 Å². The van der Waals surface area contributed by atoms with E-state index in [9.17, 15) is 0 Å². The molecule has 5 heteroatoms. The van der Waals surface area contributed by atoms with Gasteiger partial charge < -0.3 is 11.1 Å². The molecular formula is C20H15N5. The second-order valence-electron chi connectivity index (χ2n) is 6.06. The van der Waals surface area contributed by atoms with E-state index in [1.165, 1.54) is 26.9 Å². The van der Waals surface area contributed by atoms with Crippen LogP contribution in [0.15, 0.2) is 54.6 Å². The molecule has 0 atom stereocenters. The fraction of sp³-hybridized carbons (Fsp3) is 0.0500. The first kappa shape index (κ1) is 13.9. The van der Waals surface area contributed by atoms with E-state index in [4.69, 9.17) is 5.73 Å². The molecule has 0 fully saturated rings. The number of aromatic nitrogens is 3. The van der Waals surface area contributed by atoms with E-state index in [0.717, 1.165) is 10.9 Å². The maximum Gasteiger partial charge on any atom is 0.227 e. The van der Waals surface area contributed by atoms with Crippen molar-refractivity contribution in [1.29, 1.82) is 0 Å². The van der Waals surface area contributed by atoms with Gasteiger partial charge in [0.05, 0.1) is 0 Å². The number of hydrogen-bond donors (Lipinski definition) is 2. The van der Waals surface area contributed by atoms with E-state index in [1.54, 1.807) is 7.05 Å². The van der Waals surface area contributed by atoms with Gasteiger partial charge in [-0.05, 0) is 38.4 Å². The summed E-state index contributed by atoms with van der Waals surface area (Å²) in [6, 6.07) is 19.2. The van der Waals surface area contributed by atoms with Crippen LogP contribution in [0.2, 0.25) is 0 Å². The molecule has 5 nitrogen and oxygen atoms in total. The predicted molar refractivity (Wildman–Crippen MR) is 103 cm³/mol. The van der Waals surface area contributed by atoms with E-state index in [2.05, 4.69) is 74.9 Å². The molecule has 25 heavy (non-hydrogen) atoms. The number of benzene rings is 4. The first-order chi connectivity index (χ1) is 12.2. The van der Waals surface area contributed by atoms with Crippen LogP contribution in [0.25, 0.3) is 43.7 Å². The highest BCUT2D eigenvalue weighted by Gasteiger charge is 2.14. The van der Waals surface area contributed by atoms with Crippen molar-refractivity contribution >= 4 is 44.2 Å². The van der Waals surface area contributed by atoms with Crippen molar-refractivity contribution in [3.63, 3.8) is 0 Å². The molecule has 0 saturated carbocycles. The minimum absolute atomic E-state index is 0.208. The minimum Gasteiger partial charge on any atom is -0.368 e. The van der Waals surface area contributed by atoms with Gasteiger partial charge in [0.15, 0.2) is 5.82 Å². The lowest BCUT2D eigenvalue weighted by atomic mass is 9.92. The zero-order chi connectivity index (χ0) is 17.0. The monoisotopic (exact) mass is 325 g/mol. The van der Waals surface area contributed by atoms with Gasteiger partial charge in [0.1, 0.15) is 0 Å². The molecule has 3 N–H and O–H groups in total. The number of rotatable bonds is 2. The molecule has 1 heterocycles. The Morgan fingerprint density at radius 1 is 0.760 bits per heavy atom. The number of nitrogen functional groups attached to an aromatic ring is 1. The topological polar surface area (TPSA) is 76.7 Å². The number of nitrogens with two attached hydrogens (primary N) is 1. The molecule has 0 aliphatic carbocycles. The summed E-state index contributed by atoms with van der Waals surface area (Å²) >= 11 is 0. The summed E-state index contributed by atoms with van der Waals surface area (Å²) in [5.41, 5.74) is 6.81. The average Bonchev–Trinajstić information content (AvgIpc) is 2.65. The van der Waals surface area contributed by atoms with Gasteiger partial charge in [0.25, 0.3) is 0 Å². The molecule has 5 rings (SSSR count). The summed E-state index contributed by atoms with van der Waals surface area (Å²) in [4.78, 5) is 12.9. The molecule has 0 saturated heterocycles. The summed E-state index contributed by atoms with van der Waals surface area (Å²) < 4.78 is 0. The summed E-state index contributed by atoms with van der Waals surface area (Å²) in [5.74, 6) is 1.25. The van der Waals surface area contributed by atoms with Crippen LogP contribution in [-0.4, -0.2) is 22.0 Å². The number of hydrogen-bond acceptors (Lipinski definition) is 5. The Morgan fingerprint density at radius 2 is 1.44 bits per heavy atom. The fourth-order valence-electron chi connectivity index (χ4n) is 3.55. The van der Waals surface area contributed by atoms with Crippen LogP contribution in [0, 0.1) is 0 Å². The third kappa shape index (κ3) is 1.99. The van der Waals surface area contributed by atoms with Gasteiger partial charge in [-0.1, -0.05) is 48.5 Å². The second-order valence-corrected chi connectivity index (χ2v) is 6.06. The standard InChI is InChI=1S/C20H15N5/c1-22-20-24-18(23-19(21)25-20)15-10-8-13-6-5-11-3-2-4-12-7-9-14(15)17(13)16(11)12/h2-10H,1H3,(H3,21,22,23,24,25). The third-order valence-electron chi connectivity index (χ3n) is 4.65. The van der Waals surface area contributed by atoms with Crippen LogP contribution < -0.4 is 11.1 Å². The van der Waals surface area contributed by atoms with Crippen LogP contribution in [0.4, 0.5) is 11.9 Å². The highest BCUT2D eigenvalue weighted by Crippen LogP contribution is 2.38. The fourth-order valence-corrected chi connectivity index (χ4v) is 3.55. The molecule has 1 aromatic heterocycles. The van der Waals surface area contributed by atoms with E-state index in [0.29, 0.717) is 11.8 Å². The Balaban J connectivity index is 1.93. The number of nitrogens with one attached hydrogen (secondary N) is 1. The van der Waals surface area contributed by atoms with Gasteiger partial charge in [-0.25, -0.2) is 0 Å². The molecule has 0 spiro atoms. The molecule has 120 valence electrons. The minimum atomic E-state index is 0.208. The summed E-state index contributed by atoms with van der Waals surface area (Å²) in [5, 5.41) is 10.2. The SMILES string of the molecule is CNc1nc(N)nc(-c2ccc3ccc4cccc5ccc2c3c45)n1. The van der Waals surface area contributed by atoms with Crippen molar-refractivity contribution in [1.82, 2.24) is 15.0 Å². The second kappa shape index (κ2) is 5.01. The predicted octanol–water partition coefficient (Wildman–Crippen LogP) is 4.06. The van der Waals surface area contributed by atoms with E-state index < -0.39 is 0 Å². The Morgan fingerprint density at radius 3 is 2.20 bits per heavy atom. The smallest absolute Gasteiger partial charge is 0.227 e. The molecule has 0 unspecified atom stereocenters. The van der Waals surface area contributed by atoms with Gasteiger partial charge in [0, 0.05) is 12.6 Å². The average molecular weight is 325 g/mol. The van der Waals surface area contributed by atoms with Gasteiger partial charge >= 0.3 is 0 Å². The van der Waals surface area contributed by atoms with Crippen molar-refractivity contribution in [2.24, 2.45) is 0 Å². The lowest BCUT2D eigenvalue weighted by Crippen LogP contribution is -2.05. The first-order valence-corrected chi connectivity index (χ1v) is 8.11. The zero-order valence-electron chi connectivity index (χ0n) is 13.6. The summed E-state index contributed by atoms with van der Waals surface area (Å²) in [6.45, 7) is 0. The van der Waals surface area contributed by atoms with Gasteiger partial charge in [0.2, 0.25) is 11.9 Å². The molecule has 5 aromatic rings. The van der Waals surface area contributed by atoms with Crippen molar-refractivity contribution in [2.75, 3.05) is 18.1 Å². The molecule has 0 amide bonds. The third-order valence-corrected chi connectivity index (χ3v) is 4.65. The maximum absolute atomic E-state index is 5.86. The Labute approximate surface area is 143 Å². The lowest BCUT2D eigenvalue weighted by Gasteiger charge is -2.13. The zero-order valence-corrected chi connectivity index (χ0v) is 13.6. The van der Waals surface area contributed by atoms with Crippen LogP contribution in [0.3, 0.4) is 0 Å². The van der Waals surface area contributed by atoms with Crippen molar-refractivity contribution in [3.05, 3.63) is 54.6 Å². The van der Waals surface area contributed by atoms with E-state index >= 15 is 0 Å². The van der Waals surface area contributed by atoms with Crippen LogP contribution in [0.1, 0.15) is 0 Å². The van der Waals surface area contributed by atoms with Crippen LogP contribution >= 0.6 is 0 Å². The Hall–Kier alpha value is -3.47. The van der Waals surface area contributed by atoms with Crippen molar-refractivity contribution in [3.8, 4) is 11.4 Å². The molecular weight excluding hydrogens is 310 g/mol. The quantitative estimate of drug-likeness (QED) is 0.479. The molecule has 4 aromatic carbocycles. The maximum atomic E-state index is 5.86. The Kier molecular flexibility index (Phi) is 2.79. The van der Waals surface area contributed by atoms with Crippen LogP contribution in [0.5, 0.6) is 0 Å². The number of nitrogens with zero attached hydrogens (tertiary/aromatic N) is 3. The molecule has 0 bridgehead atoms. The van der Waals surface area contributed by atoms with Crippen molar-refractivity contribution < 1.29 is 0 Å². The summed E-state index contributed by atoms with van der Waals surface area (Å²) in [6.07, 6.45) is 0. The normalized spacial score (nSPS) is 11.6.